The molecular weight excluding hydrogens is 418 g/mol. The standard InChI is InChI=1S/C21H21N5O2S2/c1-14-19(30-21(22-14)15-7-3-2-4-8-15)20(28)23-16-9-10-17(25-24-16)29-13-18(27)26-11-5-6-12-26/h2-4,7-10H,5-6,11-13H2,1H3,(H,23,24,28). The third kappa shape index (κ3) is 4.85. The van der Waals surface area contributed by atoms with Crippen LogP contribution in [0.1, 0.15) is 28.2 Å². The molecule has 154 valence electrons. The first-order chi connectivity index (χ1) is 14.6. The van der Waals surface area contributed by atoms with E-state index in [4.69, 9.17) is 0 Å². The topological polar surface area (TPSA) is 88.1 Å². The molecule has 2 aromatic heterocycles. The number of anilines is 1. The molecule has 2 amide bonds. The normalized spacial score (nSPS) is 13.4. The molecule has 3 heterocycles. The number of likely N-dealkylation sites (tertiary alicyclic amines) is 1. The second-order valence-electron chi connectivity index (χ2n) is 6.89. The Morgan fingerprint density at radius 2 is 1.87 bits per heavy atom. The largest absolute Gasteiger partial charge is 0.342 e. The maximum Gasteiger partial charge on any atom is 0.268 e. The van der Waals surface area contributed by atoms with E-state index in [1.54, 1.807) is 12.1 Å². The number of rotatable bonds is 6. The van der Waals surface area contributed by atoms with Crippen molar-refractivity contribution in [2.45, 2.75) is 24.8 Å². The van der Waals surface area contributed by atoms with Crippen LogP contribution in [0.3, 0.4) is 0 Å². The quantitative estimate of drug-likeness (QED) is 0.587. The zero-order valence-electron chi connectivity index (χ0n) is 16.5. The predicted octanol–water partition coefficient (Wildman–Crippen LogP) is 3.88. The van der Waals surface area contributed by atoms with Crippen LogP contribution in [-0.2, 0) is 4.79 Å². The van der Waals surface area contributed by atoms with Crippen molar-refractivity contribution in [2.75, 3.05) is 24.2 Å². The zero-order valence-corrected chi connectivity index (χ0v) is 18.1. The van der Waals surface area contributed by atoms with Gasteiger partial charge < -0.3 is 10.2 Å². The van der Waals surface area contributed by atoms with Crippen LogP contribution in [0.5, 0.6) is 0 Å². The number of carbonyl (C=O) groups excluding carboxylic acids is 2. The van der Waals surface area contributed by atoms with E-state index >= 15 is 0 Å². The zero-order chi connectivity index (χ0) is 20.9. The molecule has 0 spiro atoms. The molecule has 1 aliphatic rings. The fourth-order valence-electron chi connectivity index (χ4n) is 3.14. The first kappa shape index (κ1) is 20.5. The fraction of sp³-hybridized carbons (Fsp3) is 0.286. The third-order valence-corrected chi connectivity index (χ3v) is 6.82. The molecular formula is C21H21N5O2S2. The molecule has 9 heteroatoms. The third-order valence-electron chi connectivity index (χ3n) is 4.71. The minimum atomic E-state index is -0.258. The van der Waals surface area contributed by atoms with Gasteiger partial charge in [-0.25, -0.2) is 4.98 Å². The van der Waals surface area contributed by atoms with Crippen molar-refractivity contribution in [3.63, 3.8) is 0 Å². The molecule has 3 aromatic rings. The number of hydrogen-bond acceptors (Lipinski definition) is 7. The number of thiazole rings is 1. The summed E-state index contributed by atoms with van der Waals surface area (Å²) in [7, 11) is 0. The molecule has 1 saturated heterocycles. The monoisotopic (exact) mass is 439 g/mol. The van der Waals surface area contributed by atoms with E-state index in [0.29, 0.717) is 27.2 Å². The number of amides is 2. The van der Waals surface area contributed by atoms with Gasteiger partial charge in [-0.3, -0.25) is 9.59 Å². The number of aryl methyl sites for hydroxylation is 1. The number of carbonyl (C=O) groups is 2. The Bertz CT molecular complexity index is 1030. The van der Waals surface area contributed by atoms with Crippen LogP contribution < -0.4 is 5.32 Å². The number of nitrogens with zero attached hydrogens (tertiary/aromatic N) is 4. The van der Waals surface area contributed by atoms with Crippen molar-refractivity contribution in [2.24, 2.45) is 0 Å². The van der Waals surface area contributed by atoms with Gasteiger partial charge >= 0.3 is 0 Å². The van der Waals surface area contributed by atoms with Crippen LogP contribution in [0.2, 0.25) is 0 Å². The number of nitrogens with one attached hydrogen (secondary N) is 1. The highest BCUT2D eigenvalue weighted by atomic mass is 32.2. The van der Waals surface area contributed by atoms with E-state index in [2.05, 4.69) is 20.5 Å². The van der Waals surface area contributed by atoms with Gasteiger partial charge in [-0.1, -0.05) is 42.1 Å². The Labute approximate surface area is 182 Å². The van der Waals surface area contributed by atoms with Crippen molar-refractivity contribution in [3.8, 4) is 10.6 Å². The highest BCUT2D eigenvalue weighted by Gasteiger charge is 2.19. The van der Waals surface area contributed by atoms with Crippen molar-refractivity contribution < 1.29 is 9.59 Å². The molecule has 0 saturated carbocycles. The highest BCUT2D eigenvalue weighted by molar-refractivity contribution is 7.99. The Hall–Kier alpha value is -2.78. The molecule has 0 aliphatic carbocycles. The molecule has 7 nitrogen and oxygen atoms in total. The molecule has 30 heavy (non-hydrogen) atoms. The molecule has 1 aliphatic heterocycles. The van der Waals surface area contributed by atoms with Crippen LogP contribution in [0, 0.1) is 6.92 Å². The molecule has 0 unspecified atom stereocenters. The lowest BCUT2D eigenvalue weighted by atomic mass is 10.2. The van der Waals surface area contributed by atoms with Gasteiger partial charge in [0, 0.05) is 18.7 Å². The second kappa shape index (κ2) is 9.36. The number of aromatic nitrogens is 3. The lowest BCUT2D eigenvalue weighted by Crippen LogP contribution is -2.29. The van der Waals surface area contributed by atoms with Gasteiger partial charge in [0.05, 0.1) is 11.4 Å². The van der Waals surface area contributed by atoms with Crippen molar-refractivity contribution in [3.05, 3.63) is 53.0 Å². The van der Waals surface area contributed by atoms with E-state index in [9.17, 15) is 9.59 Å². The lowest BCUT2D eigenvalue weighted by Gasteiger charge is -2.14. The fourth-order valence-corrected chi connectivity index (χ4v) is 4.83. The minimum absolute atomic E-state index is 0.131. The molecule has 0 atom stereocenters. The van der Waals surface area contributed by atoms with Crippen LogP contribution in [0.25, 0.3) is 10.6 Å². The summed E-state index contributed by atoms with van der Waals surface area (Å²) < 4.78 is 0. The average molecular weight is 440 g/mol. The van der Waals surface area contributed by atoms with Crippen molar-refractivity contribution >= 4 is 40.7 Å². The summed E-state index contributed by atoms with van der Waals surface area (Å²) in [6.45, 7) is 3.51. The molecule has 0 bridgehead atoms. The number of thioether (sulfide) groups is 1. The molecule has 1 aromatic carbocycles. The van der Waals surface area contributed by atoms with Crippen LogP contribution in [0.4, 0.5) is 5.82 Å². The van der Waals surface area contributed by atoms with Crippen LogP contribution in [-0.4, -0.2) is 50.7 Å². The maximum atomic E-state index is 12.7. The summed E-state index contributed by atoms with van der Waals surface area (Å²) in [6.07, 6.45) is 2.16. The molecule has 4 rings (SSSR count). The van der Waals surface area contributed by atoms with Crippen molar-refractivity contribution in [1.29, 1.82) is 0 Å². The smallest absolute Gasteiger partial charge is 0.268 e. The van der Waals surface area contributed by atoms with E-state index in [1.165, 1.54) is 23.1 Å². The van der Waals surface area contributed by atoms with Gasteiger partial charge in [0.25, 0.3) is 5.91 Å². The molecule has 0 radical (unpaired) electrons. The minimum Gasteiger partial charge on any atom is -0.342 e. The van der Waals surface area contributed by atoms with Gasteiger partial charge in [0.2, 0.25) is 5.91 Å². The van der Waals surface area contributed by atoms with E-state index < -0.39 is 0 Å². The van der Waals surface area contributed by atoms with E-state index in [-0.39, 0.29) is 11.8 Å². The van der Waals surface area contributed by atoms with Crippen LogP contribution in [0.15, 0.2) is 47.5 Å². The number of benzene rings is 1. The molecule has 1 N–H and O–H groups in total. The average Bonchev–Trinajstić information content (AvgIpc) is 3.44. The van der Waals surface area contributed by atoms with Gasteiger partial charge in [-0.05, 0) is 31.9 Å². The SMILES string of the molecule is Cc1nc(-c2ccccc2)sc1C(=O)Nc1ccc(SCC(=O)N2CCCC2)nn1. The summed E-state index contributed by atoms with van der Waals surface area (Å²) in [4.78, 5) is 31.7. The predicted molar refractivity (Wildman–Crippen MR) is 119 cm³/mol. The van der Waals surface area contributed by atoms with Crippen LogP contribution >= 0.6 is 23.1 Å². The first-order valence-electron chi connectivity index (χ1n) is 9.68. The maximum absolute atomic E-state index is 12.7. The summed E-state index contributed by atoms with van der Waals surface area (Å²) in [6, 6.07) is 13.2. The Morgan fingerprint density at radius 1 is 1.10 bits per heavy atom. The summed E-state index contributed by atoms with van der Waals surface area (Å²) >= 11 is 2.71. The first-order valence-corrected chi connectivity index (χ1v) is 11.5. The van der Waals surface area contributed by atoms with Gasteiger partial charge in [-0.2, -0.15) is 0 Å². The van der Waals surface area contributed by atoms with Crippen molar-refractivity contribution in [1.82, 2.24) is 20.1 Å². The Kier molecular flexibility index (Phi) is 6.39. The Morgan fingerprint density at radius 3 is 2.57 bits per heavy atom. The van der Waals surface area contributed by atoms with E-state index in [0.717, 1.165) is 36.5 Å². The summed E-state index contributed by atoms with van der Waals surface area (Å²) in [5.41, 5.74) is 1.66. The van der Waals surface area contributed by atoms with Gasteiger partial charge in [0.1, 0.15) is 14.9 Å². The summed E-state index contributed by atoms with van der Waals surface area (Å²) in [5, 5.41) is 12.4. The lowest BCUT2D eigenvalue weighted by molar-refractivity contribution is -0.127. The van der Waals surface area contributed by atoms with Gasteiger partial charge in [0.15, 0.2) is 5.82 Å². The summed E-state index contributed by atoms with van der Waals surface area (Å²) in [5.74, 6) is 0.588. The van der Waals surface area contributed by atoms with Gasteiger partial charge in [-0.15, -0.1) is 21.5 Å². The van der Waals surface area contributed by atoms with E-state index in [1.807, 2.05) is 42.2 Å². The Balaban J connectivity index is 1.36. The number of hydrogen-bond donors (Lipinski definition) is 1. The second-order valence-corrected chi connectivity index (χ2v) is 8.88. The molecule has 1 fully saturated rings. The highest BCUT2D eigenvalue weighted by Crippen LogP contribution is 2.28.